The molecule has 1 nitrogen and oxygen atoms in total. The Kier molecular flexibility index (Phi) is 9.64. The van der Waals surface area contributed by atoms with Crippen molar-refractivity contribution in [2.45, 2.75) is 45.6 Å². The fraction of sp³-hybridized carbons (Fsp3) is 1.00. The standard InChI is InChI=1S/C10H23NS/c1-4-5-8-12-9-6-7-10(2)11-3/h10-11H,4-9H2,1-3H3. The zero-order valence-corrected chi connectivity index (χ0v) is 9.54. The molecule has 0 radical (unpaired) electrons. The summed E-state index contributed by atoms with van der Waals surface area (Å²) in [6.45, 7) is 4.50. The number of unbranched alkanes of at least 4 members (excludes halogenated alkanes) is 1. The van der Waals surface area contributed by atoms with Crippen molar-refractivity contribution in [3.63, 3.8) is 0 Å². The zero-order chi connectivity index (χ0) is 9.23. The molecule has 2 heteroatoms. The van der Waals surface area contributed by atoms with E-state index in [0.29, 0.717) is 6.04 Å². The van der Waals surface area contributed by atoms with Crippen molar-refractivity contribution >= 4 is 11.8 Å². The van der Waals surface area contributed by atoms with Crippen molar-refractivity contribution in [2.24, 2.45) is 0 Å². The Bertz CT molecular complexity index is 85.9. The Morgan fingerprint density at radius 1 is 1.25 bits per heavy atom. The van der Waals surface area contributed by atoms with Gasteiger partial charge in [0.15, 0.2) is 0 Å². The number of nitrogens with one attached hydrogen (secondary N) is 1. The summed E-state index contributed by atoms with van der Waals surface area (Å²) in [4.78, 5) is 0. The average Bonchev–Trinajstić information content (AvgIpc) is 2.10. The van der Waals surface area contributed by atoms with Crippen LogP contribution in [0.25, 0.3) is 0 Å². The summed E-state index contributed by atoms with van der Waals surface area (Å²) < 4.78 is 0. The second-order valence-electron chi connectivity index (χ2n) is 3.30. The molecule has 0 saturated carbocycles. The SMILES string of the molecule is CCCCSCCCC(C)NC. The Balaban J connectivity index is 2.90. The van der Waals surface area contributed by atoms with E-state index in [1.165, 1.54) is 37.2 Å². The smallest absolute Gasteiger partial charge is 0.00360 e. The molecular weight excluding hydrogens is 166 g/mol. The van der Waals surface area contributed by atoms with E-state index in [-0.39, 0.29) is 0 Å². The van der Waals surface area contributed by atoms with Crippen LogP contribution in [0, 0.1) is 0 Å². The van der Waals surface area contributed by atoms with Crippen LogP contribution in [0.4, 0.5) is 0 Å². The van der Waals surface area contributed by atoms with Crippen LogP contribution in [0.15, 0.2) is 0 Å². The third kappa shape index (κ3) is 8.41. The molecule has 1 N–H and O–H groups in total. The number of hydrogen-bond donors (Lipinski definition) is 1. The highest BCUT2D eigenvalue weighted by Crippen LogP contribution is 2.08. The number of thioether (sulfide) groups is 1. The highest BCUT2D eigenvalue weighted by atomic mass is 32.2. The van der Waals surface area contributed by atoms with Gasteiger partial charge in [-0.15, -0.1) is 0 Å². The van der Waals surface area contributed by atoms with Gasteiger partial charge in [0.1, 0.15) is 0 Å². The quantitative estimate of drug-likeness (QED) is 0.589. The van der Waals surface area contributed by atoms with Gasteiger partial charge in [-0.05, 0) is 44.7 Å². The molecule has 0 fully saturated rings. The van der Waals surface area contributed by atoms with Crippen LogP contribution in [0.1, 0.15) is 39.5 Å². The number of hydrogen-bond acceptors (Lipinski definition) is 2. The monoisotopic (exact) mass is 189 g/mol. The molecule has 0 aliphatic rings. The molecule has 0 rings (SSSR count). The average molecular weight is 189 g/mol. The summed E-state index contributed by atoms with van der Waals surface area (Å²) in [5.41, 5.74) is 0. The van der Waals surface area contributed by atoms with Crippen molar-refractivity contribution in [2.75, 3.05) is 18.6 Å². The van der Waals surface area contributed by atoms with E-state index in [1.54, 1.807) is 0 Å². The van der Waals surface area contributed by atoms with Gasteiger partial charge < -0.3 is 5.32 Å². The predicted octanol–water partition coefficient (Wildman–Crippen LogP) is 2.91. The lowest BCUT2D eigenvalue weighted by Gasteiger charge is -2.08. The molecule has 0 aromatic heterocycles. The largest absolute Gasteiger partial charge is 0.317 e. The van der Waals surface area contributed by atoms with Crippen LogP contribution < -0.4 is 5.32 Å². The molecular formula is C10H23NS. The molecule has 1 atom stereocenters. The topological polar surface area (TPSA) is 12.0 Å². The maximum atomic E-state index is 3.26. The summed E-state index contributed by atoms with van der Waals surface area (Å²) in [6.07, 6.45) is 5.39. The van der Waals surface area contributed by atoms with Crippen LogP contribution in [-0.4, -0.2) is 24.6 Å². The van der Waals surface area contributed by atoms with E-state index in [9.17, 15) is 0 Å². The third-order valence-electron chi connectivity index (χ3n) is 2.06. The molecule has 0 heterocycles. The molecule has 0 saturated heterocycles. The van der Waals surface area contributed by atoms with E-state index in [2.05, 4.69) is 30.9 Å². The third-order valence-corrected chi connectivity index (χ3v) is 3.22. The summed E-state index contributed by atoms with van der Waals surface area (Å²) in [5.74, 6) is 2.69. The van der Waals surface area contributed by atoms with Gasteiger partial charge in [0.05, 0.1) is 0 Å². The van der Waals surface area contributed by atoms with Crippen molar-refractivity contribution in [1.29, 1.82) is 0 Å². The van der Waals surface area contributed by atoms with Crippen LogP contribution in [0.5, 0.6) is 0 Å². The Labute approximate surface area is 81.7 Å². The molecule has 0 aliphatic carbocycles. The fourth-order valence-electron chi connectivity index (χ4n) is 0.984. The molecule has 0 aromatic carbocycles. The molecule has 0 amide bonds. The highest BCUT2D eigenvalue weighted by Gasteiger charge is 1.96. The van der Waals surface area contributed by atoms with Crippen LogP contribution in [0.3, 0.4) is 0 Å². The van der Waals surface area contributed by atoms with Crippen molar-refractivity contribution < 1.29 is 0 Å². The summed E-state index contributed by atoms with van der Waals surface area (Å²) in [5, 5.41) is 3.26. The number of rotatable bonds is 8. The van der Waals surface area contributed by atoms with Crippen molar-refractivity contribution in [3.8, 4) is 0 Å². The fourth-order valence-corrected chi connectivity index (χ4v) is 2.05. The van der Waals surface area contributed by atoms with Gasteiger partial charge in [-0.2, -0.15) is 11.8 Å². The zero-order valence-electron chi connectivity index (χ0n) is 8.73. The van der Waals surface area contributed by atoms with Gasteiger partial charge in [-0.3, -0.25) is 0 Å². The first kappa shape index (κ1) is 12.3. The second-order valence-corrected chi connectivity index (χ2v) is 4.52. The maximum Gasteiger partial charge on any atom is 0.00360 e. The minimum Gasteiger partial charge on any atom is -0.317 e. The van der Waals surface area contributed by atoms with E-state index in [1.807, 2.05) is 7.05 Å². The first-order valence-corrected chi connectivity index (χ1v) is 6.21. The van der Waals surface area contributed by atoms with E-state index < -0.39 is 0 Å². The maximum absolute atomic E-state index is 3.26. The summed E-state index contributed by atoms with van der Waals surface area (Å²) in [7, 11) is 2.04. The summed E-state index contributed by atoms with van der Waals surface area (Å²) >= 11 is 2.10. The molecule has 0 aromatic rings. The van der Waals surface area contributed by atoms with Crippen LogP contribution in [0.2, 0.25) is 0 Å². The lowest BCUT2D eigenvalue weighted by molar-refractivity contribution is 0.559. The van der Waals surface area contributed by atoms with E-state index in [4.69, 9.17) is 0 Å². The second kappa shape index (κ2) is 9.40. The van der Waals surface area contributed by atoms with Gasteiger partial charge >= 0.3 is 0 Å². The Morgan fingerprint density at radius 2 is 1.92 bits per heavy atom. The Morgan fingerprint density at radius 3 is 2.50 bits per heavy atom. The van der Waals surface area contributed by atoms with Gasteiger partial charge in [0, 0.05) is 6.04 Å². The van der Waals surface area contributed by atoms with Gasteiger partial charge in [0.2, 0.25) is 0 Å². The van der Waals surface area contributed by atoms with E-state index in [0.717, 1.165) is 0 Å². The highest BCUT2D eigenvalue weighted by molar-refractivity contribution is 7.99. The lowest BCUT2D eigenvalue weighted by Crippen LogP contribution is -2.20. The van der Waals surface area contributed by atoms with Crippen molar-refractivity contribution in [1.82, 2.24) is 5.32 Å². The molecule has 0 aliphatic heterocycles. The summed E-state index contributed by atoms with van der Waals surface area (Å²) in [6, 6.07) is 0.691. The normalized spacial score (nSPS) is 13.2. The minimum atomic E-state index is 0.691. The van der Waals surface area contributed by atoms with Crippen LogP contribution >= 0.6 is 11.8 Å². The molecule has 0 spiro atoms. The van der Waals surface area contributed by atoms with Crippen molar-refractivity contribution in [3.05, 3.63) is 0 Å². The molecule has 1 unspecified atom stereocenters. The first-order chi connectivity index (χ1) is 5.81. The van der Waals surface area contributed by atoms with Gasteiger partial charge in [-0.1, -0.05) is 13.3 Å². The lowest BCUT2D eigenvalue weighted by atomic mass is 10.2. The Hall–Kier alpha value is 0.310. The van der Waals surface area contributed by atoms with E-state index >= 15 is 0 Å². The van der Waals surface area contributed by atoms with Gasteiger partial charge in [0.25, 0.3) is 0 Å². The first-order valence-electron chi connectivity index (χ1n) is 5.06. The minimum absolute atomic E-state index is 0.691. The van der Waals surface area contributed by atoms with Gasteiger partial charge in [-0.25, -0.2) is 0 Å². The predicted molar refractivity (Wildman–Crippen MR) is 60.0 cm³/mol. The van der Waals surface area contributed by atoms with Crippen LogP contribution in [-0.2, 0) is 0 Å². The molecule has 74 valence electrons. The molecule has 0 bridgehead atoms. The molecule has 12 heavy (non-hydrogen) atoms.